The molecule has 0 aliphatic rings. The van der Waals surface area contributed by atoms with Gasteiger partial charge in [0.25, 0.3) is 0 Å². The number of aromatic nitrogens is 3. The van der Waals surface area contributed by atoms with Crippen LogP contribution in [0.15, 0.2) is 48.2 Å². The van der Waals surface area contributed by atoms with Crippen LogP contribution in [0.2, 0.25) is 0 Å². The van der Waals surface area contributed by atoms with Gasteiger partial charge in [-0.25, -0.2) is 4.98 Å². The van der Waals surface area contributed by atoms with Crippen LogP contribution in [0.1, 0.15) is 11.3 Å². The van der Waals surface area contributed by atoms with Crippen molar-refractivity contribution >= 4 is 17.0 Å². The molecule has 6 heteroatoms. The first-order valence-corrected chi connectivity index (χ1v) is 7.38. The molecule has 0 bridgehead atoms. The van der Waals surface area contributed by atoms with Gasteiger partial charge in [-0.2, -0.15) is 0 Å². The molecule has 0 radical (unpaired) electrons. The van der Waals surface area contributed by atoms with Crippen LogP contribution in [0.4, 0.5) is 5.69 Å². The van der Waals surface area contributed by atoms with Crippen molar-refractivity contribution in [2.75, 3.05) is 5.32 Å². The minimum Gasteiger partial charge on any atom is -0.392 e. The summed E-state index contributed by atoms with van der Waals surface area (Å²) in [7, 11) is 0. The van der Waals surface area contributed by atoms with Gasteiger partial charge >= 0.3 is 0 Å². The monoisotopic (exact) mass is 298 g/mol. The van der Waals surface area contributed by atoms with Gasteiger partial charge in [-0.05, 0) is 18.2 Å². The first-order chi connectivity index (χ1) is 10.4. The van der Waals surface area contributed by atoms with Crippen LogP contribution in [0.25, 0.3) is 10.7 Å². The summed E-state index contributed by atoms with van der Waals surface area (Å²) < 4.78 is 0. The van der Waals surface area contributed by atoms with Gasteiger partial charge in [0.05, 0.1) is 36.4 Å². The third-order valence-electron chi connectivity index (χ3n) is 2.98. The number of aliphatic hydroxyl groups excluding tert-OH is 1. The van der Waals surface area contributed by atoms with E-state index in [1.807, 2.05) is 23.6 Å². The van der Waals surface area contributed by atoms with Crippen molar-refractivity contribution < 1.29 is 5.11 Å². The largest absolute Gasteiger partial charge is 0.392 e. The van der Waals surface area contributed by atoms with Gasteiger partial charge in [-0.1, -0.05) is 6.07 Å². The van der Waals surface area contributed by atoms with Crippen LogP contribution < -0.4 is 5.32 Å². The molecule has 0 saturated heterocycles. The predicted octanol–water partition coefficient (Wildman–Crippen LogP) is 2.70. The van der Waals surface area contributed by atoms with Gasteiger partial charge in [-0.15, -0.1) is 11.3 Å². The number of aliphatic hydroxyl groups is 1. The van der Waals surface area contributed by atoms with E-state index >= 15 is 0 Å². The van der Waals surface area contributed by atoms with Crippen LogP contribution in [0.3, 0.4) is 0 Å². The van der Waals surface area contributed by atoms with Gasteiger partial charge in [0.15, 0.2) is 0 Å². The lowest BCUT2D eigenvalue weighted by Gasteiger charge is -2.08. The molecule has 0 atom stereocenters. The quantitative estimate of drug-likeness (QED) is 0.758. The Kier molecular flexibility index (Phi) is 4.18. The maximum Gasteiger partial charge on any atom is 0.142 e. The molecule has 0 aliphatic carbocycles. The summed E-state index contributed by atoms with van der Waals surface area (Å²) in [5, 5.41) is 15.4. The fourth-order valence-corrected chi connectivity index (χ4v) is 2.70. The highest BCUT2D eigenvalue weighted by Gasteiger charge is 2.06. The summed E-state index contributed by atoms with van der Waals surface area (Å²) in [6, 6.07) is 7.58. The molecule has 3 rings (SSSR count). The van der Waals surface area contributed by atoms with Crippen LogP contribution in [-0.2, 0) is 13.2 Å². The second-order valence-corrected chi connectivity index (χ2v) is 5.26. The third-order valence-corrected chi connectivity index (χ3v) is 3.89. The smallest absolute Gasteiger partial charge is 0.142 e. The van der Waals surface area contributed by atoms with E-state index in [1.165, 1.54) is 0 Å². The van der Waals surface area contributed by atoms with E-state index in [0.29, 0.717) is 6.54 Å². The molecule has 21 heavy (non-hydrogen) atoms. The van der Waals surface area contributed by atoms with E-state index in [9.17, 15) is 5.11 Å². The molecule has 3 heterocycles. The van der Waals surface area contributed by atoms with Crippen LogP contribution in [-0.4, -0.2) is 20.1 Å². The fourth-order valence-electron chi connectivity index (χ4n) is 1.90. The summed E-state index contributed by atoms with van der Waals surface area (Å²) in [6.45, 7) is 0.573. The molecule has 0 fully saturated rings. The lowest BCUT2D eigenvalue weighted by atomic mass is 10.2. The van der Waals surface area contributed by atoms with Crippen molar-refractivity contribution in [3.63, 3.8) is 0 Å². The molecule has 0 spiro atoms. The summed E-state index contributed by atoms with van der Waals surface area (Å²) >= 11 is 1.57. The zero-order chi connectivity index (χ0) is 14.5. The van der Waals surface area contributed by atoms with Crippen molar-refractivity contribution in [2.24, 2.45) is 0 Å². The summed E-state index contributed by atoms with van der Waals surface area (Å²) in [5.74, 6) is 0. The summed E-state index contributed by atoms with van der Waals surface area (Å²) in [4.78, 5) is 12.9. The molecule has 5 nitrogen and oxygen atoms in total. The Bertz CT molecular complexity index is 714. The van der Waals surface area contributed by atoms with Gasteiger partial charge in [0.1, 0.15) is 5.01 Å². The molecule has 0 amide bonds. The number of nitrogens with one attached hydrogen (secondary N) is 1. The van der Waals surface area contributed by atoms with E-state index in [1.54, 1.807) is 36.0 Å². The highest BCUT2D eigenvalue weighted by Crippen LogP contribution is 2.22. The second kappa shape index (κ2) is 6.43. The maximum atomic E-state index is 9.28. The van der Waals surface area contributed by atoms with E-state index in [-0.39, 0.29) is 6.61 Å². The molecule has 0 aliphatic heterocycles. The summed E-state index contributed by atoms with van der Waals surface area (Å²) in [5.41, 5.74) is 3.47. The Labute approximate surface area is 126 Å². The van der Waals surface area contributed by atoms with E-state index < -0.39 is 0 Å². The van der Waals surface area contributed by atoms with Gasteiger partial charge in [0, 0.05) is 23.3 Å². The van der Waals surface area contributed by atoms with Crippen molar-refractivity contribution in [2.45, 2.75) is 13.2 Å². The third kappa shape index (κ3) is 3.24. The van der Waals surface area contributed by atoms with Crippen molar-refractivity contribution in [3.8, 4) is 10.7 Å². The number of thiazole rings is 1. The van der Waals surface area contributed by atoms with Crippen molar-refractivity contribution in [1.29, 1.82) is 0 Å². The molecule has 2 N–H and O–H groups in total. The zero-order valence-electron chi connectivity index (χ0n) is 11.2. The van der Waals surface area contributed by atoms with Crippen molar-refractivity contribution in [3.05, 3.63) is 59.5 Å². The molecule has 3 aromatic heterocycles. The summed E-state index contributed by atoms with van der Waals surface area (Å²) in [6.07, 6.45) is 5.13. The molecule has 0 aromatic carbocycles. The van der Waals surface area contributed by atoms with E-state index in [2.05, 4.69) is 20.3 Å². The number of hydrogen-bond donors (Lipinski definition) is 2. The maximum absolute atomic E-state index is 9.28. The van der Waals surface area contributed by atoms with Gasteiger partial charge in [0.2, 0.25) is 0 Å². The fraction of sp³-hybridized carbons (Fsp3) is 0.133. The number of pyridine rings is 2. The number of nitrogens with zero attached hydrogens (tertiary/aromatic N) is 3. The number of hydrogen-bond acceptors (Lipinski definition) is 6. The zero-order valence-corrected chi connectivity index (χ0v) is 12.0. The molecule has 0 unspecified atom stereocenters. The van der Waals surface area contributed by atoms with Gasteiger partial charge in [-0.3, -0.25) is 9.97 Å². The standard InChI is InChI=1S/C15H14N4OS/c20-9-11-4-6-16-8-14(11)18-7-12-10-21-15(19-12)13-3-1-2-5-17-13/h1-6,8,10,18,20H,7,9H2. The molecule has 106 valence electrons. The number of rotatable bonds is 5. The highest BCUT2D eigenvalue weighted by molar-refractivity contribution is 7.13. The van der Waals surface area contributed by atoms with Crippen LogP contribution >= 0.6 is 11.3 Å². The average Bonchev–Trinajstić information content (AvgIpc) is 3.03. The Morgan fingerprint density at radius 2 is 2.14 bits per heavy atom. The Morgan fingerprint density at radius 1 is 1.19 bits per heavy atom. The number of anilines is 1. The normalized spacial score (nSPS) is 10.5. The lowest BCUT2D eigenvalue weighted by molar-refractivity contribution is 0.282. The molecular weight excluding hydrogens is 284 g/mol. The van der Waals surface area contributed by atoms with Crippen LogP contribution in [0.5, 0.6) is 0 Å². The minimum absolute atomic E-state index is 0.0128. The Morgan fingerprint density at radius 3 is 2.95 bits per heavy atom. The average molecular weight is 298 g/mol. The van der Waals surface area contributed by atoms with Gasteiger partial charge < -0.3 is 10.4 Å². The predicted molar refractivity (Wildman–Crippen MR) is 82.8 cm³/mol. The lowest BCUT2D eigenvalue weighted by Crippen LogP contribution is -2.03. The molecule has 3 aromatic rings. The topological polar surface area (TPSA) is 70.9 Å². The molecule has 0 saturated carbocycles. The van der Waals surface area contributed by atoms with E-state index in [4.69, 9.17) is 0 Å². The first-order valence-electron chi connectivity index (χ1n) is 6.50. The molecular formula is C15H14N4OS. The Balaban J connectivity index is 1.71. The SMILES string of the molecule is OCc1ccncc1NCc1csc(-c2ccccn2)n1. The van der Waals surface area contributed by atoms with E-state index in [0.717, 1.165) is 27.6 Å². The minimum atomic E-state index is -0.0128. The van der Waals surface area contributed by atoms with Crippen LogP contribution in [0, 0.1) is 0 Å². The Hall–Kier alpha value is -2.31. The van der Waals surface area contributed by atoms with Crippen molar-refractivity contribution in [1.82, 2.24) is 15.0 Å². The first kappa shape index (κ1) is 13.7. The highest BCUT2D eigenvalue weighted by atomic mass is 32.1. The second-order valence-electron chi connectivity index (χ2n) is 4.40.